The summed E-state index contributed by atoms with van der Waals surface area (Å²) in [5, 5.41) is 59.5. The molecule has 136 valence electrons. The van der Waals surface area contributed by atoms with Crippen LogP contribution in [-0.2, 0) is 18.9 Å². The molecule has 0 bridgehead atoms. The van der Waals surface area contributed by atoms with Crippen molar-refractivity contribution in [2.45, 2.75) is 60.9 Å². The molecule has 0 radical (unpaired) electrons. The molecular formula is C14H20O10. The van der Waals surface area contributed by atoms with Gasteiger partial charge in [-0.15, -0.1) is 0 Å². The van der Waals surface area contributed by atoms with E-state index in [0.717, 1.165) is 0 Å². The Hall–Kier alpha value is -0.820. The highest BCUT2D eigenvalue weighted by Gasteiger charge is 2.72. The van der Waals surface area contributed by atoms with Crippen LogP contribution in [0.2, 0.25) is 0 Å². The SMILES string of the molecule is OC[C@@H]1O[C@H](O[C@@H]2OC=C[C@]3(O)[C@H]2[C@H]2O[C@H]2[C@H]3O)[C@@H](O)[C@H](O)[C@H]1O. The van der Waals surface area contributed by atoms with E-state index in [1.165, 1.54) is 12.3 Å². The van der Waals surface area contributed by atoms with Crippen LogP contribution in [0.25, 0.3) is 0 Å². The summed E-state index contributed by atoms with van der Waals surface area (Å²) in [6, 6.07) is 0. The van der Waals surface area contributed by atoms with Crippen LogP contribution in [0.4, 0.5) is 0 Å². The molecule has 10 nitrogen and oxygen atoms in total. The highest BCUT2D eigenvalue weighted by molar-refractivity contribution is 5.25. The molecule has 6 N–H and O–H groups in total. The van der Waals surface area contributed by atoms with Crippen molar-refractivity contribution in [2.75, 3.05) is 6.61 Å². The van der Waals surface area contributed by atoms with E-state index < -0.39 is 73.4 Å². The third-order valence-corrected chi connectivity index (χ3v) is 5.19. The second kappa shape index (κ2) is 5.59. The van der Waals surface area contributed by atoms with Gasteiger partial charge in [-0.1, -0.05) is 0 Å². The number of fused-ring (bicyclic) bond motifs is 3. The average Bonchev–Trinajstić information content (AvgIpc) is 3.30. The zero-order valence-electron chi connectivity index (χ0n) is 12.5. The summed E-state index contributed by atoms with van der Waals surface area (Å²) in [6.07, 6.45) is -7.94. The van der Waals surface area contributed by atoms with Gasteiger partial charge in [0.2, 0.25) is 6.29 Å². The highest BCUT2D eigenvalue weighted by Crippen LogP contribution is 2.53. The predicted molar refractivity (Wildman–Crippen MR) is 72.0 cm³/mol. The zero-order valence-corrected chi connectivity index (χ0v) is 12.5. The minimum atomic E-state index is -1.59. The molecule has 4 aliphatic rings. The van der Waals surface area contributed by atoms with Crippen LogP contribution in [0.3, 0.4) is 0 Å². The van der Waals surface area contributed by atoms with Crippen LogP contribution >= 0.6 is 0 Å². The summed E-state index contributed by atoms with van der Waals surface area (Å²) >= 11 is 0. The molecule has 0 aromatic carbocycles. The lowest BCUT2D eigenvalue weighted by Crippen LogP contribution is -2.61. The van der Waals surface area contributed by atoms with Gasteiger partial charge in [0.15, 0.2) is 6.29 Å². The Balaban J connectivity index is 1.52. The molecule has 3 fully saturated rings. The van der Waals surface area contributed by atoms with Crippen molar-refractivity contribution in [3.63, 3.8) is 0 Å². The van der Waals surface area contributed by atoms with Crippen molar-refractivity contribution in [3.8, 4) is 0 Å². The zero-order chi connectivity index (χ0) is 17.2. The number of ether oxygens (including phenoxy) is 4. The Morgan fingerprint density at radius 3 is 2.42 bits per heavy atom. The van der Waals surface area contributed by atoms with E-state index in [1.807, 2.05) is 0 Å². The van der Waals surface area contributed by atoms with Gasteiger partial charge in [0.1, 0.15) is 42.2 Å². The molecule has 10 heteroatoms. The smallest absolute Gasteiger partial charge is 0.210 e. The number of hydrogen-bond acceptors (Lipinski definition) is 10. The van der Waals surface area contributed by atoms with Crippen LogP contribution in [0.15, 0.2) is 12.3 Å². The number of aliphatic hydroxyl groups excluding tert-OH is 5. The van der Waals surface area contributed by atoms with E-state index in [1.54, 1.807) is 0 Å². The maximum Gasteiger partial charge on any atom is 0.210 e. The average molecular weight is 348 g/mol. The van der Waals surface area contributed by atoms with Gasteiger partial charge in [0, 0.05) is 0 Å². The number of hydrogen-bond donors (Lipinski definition) is 6. The Morgan fingerprint density at radius 2 is 1.71 bits per heavy atom. The van der Waals surface area contributed by atoms with E-state index in [-0.39, 0.29) is 0 Å². The first-order chi connectivity index (χ1) is 11.4. The first-order valence-electron chi connectivity index (χ1n) is 7.73. The number of epoxide rings is 1. The van der Waals surface area contributed by atoms with E-state index in [4.69, 9.17) is 18.9 Å². The molecule has 2 saturated heterocycles. The monoisotopic (exact) mass is 348 g/mol. The van der Waals surface area contributed by atoms with E-state index in [9.17, 15) is 30.6 Å². The van der Waals surface area contributed by atoms with Gasteiger partial charge >= 0.3 is 0 Å². The Bertz CT molecular complexity index is 526. The van der Waals surface area contributed by atoms with Crippen LogP contribution in [0, 0.1) is 5.92 Å². The minimum Gasteiger partial charge on any atom is -0.472 e. The van der Waals surface area contributed by atoms with Gasteiger partial charge in [-0.25, -0.2) is 0 Å². The minimum absolute atomic E-state index is 0.468. The molecule has 4 rings (SSSR count). The standard InChI is InChI=1S/C14H20O10/c15-3-4-6(16)7(17)8(18)13(22-4)24-12-5-9-10(23-9)11(19)14(5,20)1-2-21-12/h1-2,4-13,15-20H,3H2/t4-,5-,6-,7+,8-,9+,10+,11+,12-,13+,14-/m0/s1. The van der Waals surface area contributed by atoms with Crippen molar-refractivity contribution < 1.29 is 49.6 Å². The van der Waals surface area contributed by atoms with E-state index >= 15 is 0 Å². The van der Waals surface area contributed by atoms with Crippen molar-refractivity contribution in [1.29, 1.82) is 0 Å². The normalized spacial score (nSPS) is 58.8. The lowest BCUT2D eigenvalue weighted by molar-refractivity contribution is -0.347. The predicted octanol–water partition coefficient (Wildman–Crippen LogP) is -3.84. The second-order valence-electron chi connectivity index (χ2n) is 6.56. The van der Waals surface area contributed by atoms with Gasteiger partial charge in [-0.2, -0.15) is 0 Å². The molecule has 0 spiro atoms. The molecule has 0 aromatic rings. The van der Waals surface area contributed by atoms with Crippen molar-refractivity contribution in [2.24, 2.45) is 5.92 Å². The Labute approximate surface area is 136 Å². The summed E-state index contributed by atoms with van der Waals surface area (Å²) < 4.78 is 21.4. The summed E-state index contributed by atoms with van der Waals surface area (Å²) in [6.45, 7) is -0.587. The molecule has 0 amide bonds. The van der Waals surface area contributed by atoms with Crippen LogP contribution < -0.4 is 0 Å². The first kappa shape index (κ1) is 16.6. The Kier molecular flexibility index (Phi) is 3.88. The van der Waals surface area contributed by atoms with Gasteiger partial charge in [0.05, 0.1) is 24.9 Å². The maximum atomic E-state index is 10.6. The van der Waals surface area contributed by atoms with Gasteiger partial charge < -0.3 is 49.6 Å². The highest BCUT2D eigenvalue weighted by atomic mass is 16.8. The molecule has 11 atom stereocenters. The fourth-order valence-corrected chi connectivity index (χ4v) is 3.72. The van der Waals surface area contributed by atoms with Crippen molar-refractivity contribution in [3.05, 3.63) is 12.3 Å². The Morgan fingerprint density at radius 1 is 0.958 bits per heavy atom. The van der Waals surface area contributed by atoms with E-state index in [2.05, 4.69) is 0 Å². The van der Waals surface area contributed by atoms with Crippen LogP contribution in [0.5, 0.6) is 0 Å². The lowest BCUT2D eigenvalue weighted by atomic mass is 9.86. The summed E-state index contributed by atoms with van der Waals surface area (Å²) in [7, 11) is 0. The van der Waals surface area contributed by atoms with Crippen LogP contribution in [0.1, 0.15) is 0 Å². The van der Waals surface area contributed by atoms with Gasteiger partial charge in [-0.3, -0.25) is 0 Å². The third-order valence-electron chi connectivity index (χ3n) is 5.19. The maximum absolute atomic E-state index is 10.6. The van der Waals surface area contributed by atoms with Crippen molar-refractivity contribution in [1.82, 2.24) is 0 Å². The van der Waals surface area contributed by atoms with Gasteiger partial charge in [0.25, 0.3) is 0 Å². The largest absolute Gasteiger partial charge is 0.472 e. The molecule has 3 heterocycles. The molecule has 1 saturated carbocycles. The van der Waals surface area contributed by atoms with E-state index in [0.29, 0.717) is 0 Å². The topological polar surface area (TPSA) is 162 Å². The second-order valence-corrected chi connectivity index (χ2v) is 6.56. The third kappa shape index (κ3) is 2.23. The number of aliphatic hydroxyl groups is 6. The first-order valence-corrected chi connectivity index (χ1v) is 7.73. The van der Waals surface area contributed by atoms with Crippen molar-refractivity contribution >= 4 is 0 Å². The molecule has 24 heavy (non-hydrogen) atoms. The fraction of sp³-hybridized carbons (Fsp3) is 0.857. The lowest BCUT2D eigenvalue weighted by Gasteiger charge is -2.44. The quantitative estimate of drug-likeness (QED) is 0.279. The van der Waals surface area contributed by atoms with Gasteiger partial charge in [-0.05, 0) is 6.08 Å². The molecule has 0 unspecified atom stereocenters. The molecule has 3 aliphatic heterocycles. The molecule has 0 aromatic heterocycles. The number of rotatable bonds is 3. The summed E-state index contributed by atoms with van der Waals surface area (Å²) in [5.41, 5.74) is -1.59. The molecule has 1 aliphatic carbocycles. The van der Waals surface area contributed by atoms with Crippen LogP contribution in [-0.4, -0.2) is 98.2 Å². The summed E-state index contributed by atoms with van der Waals surface area (Å²) in [5.74, 6) is -0.755. The summed E-state index contributed by atoms with van der Waals surface area (Å²) in [4.78, 5) is 0. The fourth-order valence-electron chi connectivity index (χ4n) is 3.72. The molecular weight excluding hydrogens is 328 g/mol.